The molecule has 2 amide bonds. The van der Waals surface area contributed by atoms with Crippen LogP contribution in [0.1, 0.15) is 45.4 Å². The van der Waals surface area contributed by atoms with Crippen LogP contribution in [0.25, 0.3) is 0 Å². The second kappa shape index (κ2) is 6.91. The van der Waals surface area contributed by atoms with Crippen molar-refractivity contribution in [3.8, 4) is 0 Å². The summed E-state index contributed by atoms with van der Waals surface area (Å²) in [5, 5.41) is 11.8. The molecule has 1 saturated heterocycles. The van der Waals surface area contributed by atoms with Gasteiger partial charge in [-0.1, -0.05) is 6.42 Å². The summed E-state index contributed by atoms with van der Waals surface area (Å²) < 4.78 is 0. The number of piperidine rings is 1. The molecule has 118 valence electrons. The Labute approximate surface area is 124 Å². The average molecular weight is 296 g/mol. The summed E-state index contributed by atoms with van der Waals surface area (Å²) in [7, 11) is 0. The minimum Gasteiger partial charge on any atom is -0.481 e. The summed E-state index contributed by atoms with van der Waals surface area (Å²) >= 11 is 0. The summed E-state index contributed by atoms with van der Waals surface area (Å²) in [4.78, 5) is 37.4. The van der Waals surface area contributed by atoms with Gasteiger partial charge >= 0.3 is 5.97 Å². The largest absolute Gasteiger partial charge is 0.481 e. The monoisotopic (exact) mass is 296 g/mol. The molecular weight excluding hydrogens is 272 g/mol. The van der Waals surface area contributed by atoms with E-state index in [1.54, 1.807) is 11.8 Å². The first-order valence-corrected chi connectivity index (χ1v) is 7.82. The number of likely N-dealkylation sites (tertiary alicyclic amines) is 1. The molecule has 2 rings (SSSR count). The van der Waals surface area contributed by atoms with Gasteiger partial charge in [-0.15, -0.1) is 0 Å². The molecule has 0 aromatic carbocycles. The summed E-state index contributed by atoms with van der Waals surface area (Å²) in [5.41, 5.74) is 0. The molecule has 6 heteroatoms. The van der Waals surface area contributed by atoms with Crippen LogP contribution < -0.4 is 5.32 Å². The Balaban J connectivity index is 1.89. The van der Waals surface area contributed by atoms with Crippen molar-refractivity contribution < 1.29 is 19.5 Å². The van der Waals surface area contributed by atoms with Crippen molar-refractivity contribution in [1.82, 2.24) is 10.2 Å². The number of carbonyl (C=O) groups excluding carboxylic acids is 2. The van der Waals surface area contributed by atoms with Gasteiger partial charge < -0.3 is 15.3 Å². The number of amides is 2. The Kier molecular flexibility index (Phi) is 5.20. The van der Waals surface area contributed by atoms with E-state index in [1.165, 1.54) is 0 Å². The highest BCUT2D eigenvalue weighted by molar-refractivity contribution is 5.90. The van der Waals surface area contributed by atoms with Crippen molar-refractivity contribution in [1.29, 1.82) is 0 Å². The molecule has 2 fully saturated rings. The van der Waals surface area contributed by atoms with Gasteiger partial charge in [-0.2, -0.15) is 0 Å². The third kappa shape index (κ3) is 3.74. The summed E-state index contributed by atoms with van der Waals surface area (Å²) in [6.07, 6.45) is 5.05. The molecule has 0 aromatic rings. The Morgan fingerprint density at radius 3 is 2.29 bits per heavy atom. The van der Waals surface area contributed by atoms with Crippen LogP contribution in [-0.2, 0) is 14.4 Å². The minimum absolute atomic E-state index is 0.0621. The van der Waals surface area contributed by atoms with Gasteiger partial charge in [0.05, 0.1) is 11.8 Å². The zero-order valence-electron chi connectivity index (χ0n) is 12.5. The van der Waals surface area contributed by atoms with E-state index in [-0.39, 0.29) is 11.8 Å². The molecule has 0 spiro atoms. The van der Waals surface area contributed by atoms with E-state index < -0.39 is 23.8 Å². The molecule has 6 nitrogen and oxygen atoms in total. The quantitative estimate of drug-likeness (QED) is 0.810. The zero-order chi connectivity index (χ0) is 15.4. The molecule has 1 aliphatic carbocycles. The molecule has 1 heterocycles. The van der Waals surface area contributed by atoms with E-state index in [9.17, 15) is 14.4 Å². The maximum absolute atomic E-state index is 12.3. The first kappa shape index (κ1) is 15.8. The number of nitrogens with zero attached hydrogens (tertiary/aromatic N) is 1. The minimum atomic E-state index is -0.914. The number of hydrogen-bond acceptors (Lipinski definition) is 3. The maximum atomic E-state index is 12.3. The fourth-order valence-corrected chi connectivity index (χ4v) is 3.34. The first-order valence-electron chi connectivity index (χ1n) is 7.82. The topological polar surface area (TPSA) is 86.7 Å². The summed E-state index contributed by atoms with van der Waals surface area (Å²) in [6.45, 7) is 3.18. The van der Waals surface area contributed by atoms with Gasteiger partial charge in [0, 0.05) is 13.1 Å². The summed E-state index contributed by atoms with van der Waals surface area (Å²) in [6, 6.07) is -0.578. The van der Waals surface area contributed by atoms with E-state index in [4.69, 9.17) is 5.11 Å². The van der Waals surface area contributed by atoms with Crippen molar-refractivity contribution in [2.75, 3.05) is 13.1 Å². The van der Waals surface area contributed by atoms with Crippen molar-refractivity contribution in [3.05, 3.63) is 0 Å². The van der Waals surface area contributed by atoms with Crippen LogP contribution >= 0.6 is 0 Å². The highest BCUT2D eigenvalue weighted by Gasteiger charge is 2.38. The second-order valence-corrected chi connectivity index (χ2v) is 6.10. The Morgan fingerprint density at radius 2 is 1.67 bits per heavy atom. The SMILES string of the molecule is CC(NC(=O)[C@@H]1CCC[C@@H]1C(=O)O)C(=O)N1CCCCC1. The van der Waals surface area contributed by atoms with Crippen LogP contribution in [0, 0.1) is 11.8 Å². The van der Waals surface area contributed by atoms with E-state index in [0.29, 0.717) is 12.8 Å². The average Bonchev–Trinajstić information content (AvgIpc) is 2.97. The van der Waals surface area contributed by atoms with E-state index in [1.807, 2.05) is 0 Å². The number of carboxylic acids is 1. The van der Waals surface area contributed by atoms with Crippen molar-refractivity contribution >= 4 is 17.8 Å². The third-order valence-electron chi connectivity index (χ3n) is 4.57. The molecule has 1 aliphatic heterocycles. The van der Waals surface area contributed by atoms with Gasteiger partial charge in [0.1, 0.15) is 6.04 Å². The lowest BCUT2D eigenvalue weighted by Crippen LogP contribution is -2.50. The van der Waals surface area contributed by atoms with Crippen molar-refractivity contribution in [2.24, 2.45) is 11.8 Å². The number of carboxylic acid groups (broad SMARTS) is 1. The highest BCUT2D eigenvalue weighted by Crippen LogP contribution is 2.32. The first-order chi connectivity index (χ1) is 10.0. The smallest absolute Gasteiger partial charge is 0.307 e. The van der Waals surface area contributed by atoms with Crippen LogP contribution in [0.15, 0.2) is 0 Å². The summed E-state index contributed by atoms with van der Waals surface area (Å²) in [5.74, 6) is -2.38. The van der Waals surface area contributed by atoms with Gasteiger partial charge in [-0.25, -0.2) is 0 Å². The van der Waals surface area contributed by atoms with E-state index >= 15 is 0 Å². The fourth-order valence-electron chi connectivity index (χ4n) is 3.34. The van der Waals surface area contributed by atoms with E-state index in [0.717, 1.165) is 38.8 Å². The van der Waals surface area contributed by atoms with Gasteiger partial charge in [-0.05, 0) is 39.0 Å². The normalized spacial score (nSPS) is 27.2. The second-order valence-electron chi connectivity index (χ2n) is 6.10. The molecule has 0 bridgehead atoms. The lowest BCUT2D eigenvalue weighted by molar-refractivity contribution is -0.146. The van der Waals surface area contributed by atoms with Crippen LogP contribution in [0.5, 0.6) is 0 Å². The van der Waals surface area contributed by atoms with Gasteiger partial charge in [0.15, 0.2) is 0 Å². The molecular formula is C15H24N2O4. The van der Waals surface area contributed by atoms with Crippen LogP contribution in [-0.4, -0.2) is 46.9 Å². The van der Waals surface area contributed by atoms with Crippen LogP contribution in [0.3, 0.4) is 0 Å². The van der Waals surface area contributed by atoms with Gasteiger partial charge in [0.2, 0.25) is 11.8 Å². The Hall–Kier alpha value is -1.59. The van der Waals surface area contributed by atoms with Crippen molar-refractivity contribution in [3.63, 3.8) is 0 Å². The number of rotatable bonds is 4. The predicted octanol–water partition coefficient (Wildman–Crippen LogP) is 1.00. The number of nitrogens with one attached hydrogen (secondary N) is 1. The standard InChI is InChI=1S/C15H24N2O4/c1-10(14(19)17-8-3-2-4-9-17)16-13(18)11-6-5-7-12(11)15(20)21/h10-12H,2-9H2,1H3,(H,16,18)(H,20,21)/t10?,11-,12+/m1/s1. The van der Waals surface area contributed by atoms with Crippen LogP contribution in [0.4, 0.5) is 0 Å². The molecule has 2 aliphatic rings. The lowest BCUT2D eigenvalue weighted by Gasteiger charge is -2.30. The predicted molar refractivity (Wildman–Crippen MR) is 76.5 cm³/mol. The molecule has 1 unspecified atom stereocenters. The van der Waals surface area contributed by atoms with Crippen molar-refractivity contribution in [2.45, 2.75) is 51.5 Å². The Bertz CT molecular complexity index is 418. The molecule has 1 saturated carbocycles. The molecule has 0 aromatic heterocycles. The molecule has 2 N–H and O–H groups in total. The van der Waals surface area contributed by atoms with E-state index in [2.05, 4.69) is 5.32 Å². The molecule has 21 heavy (non-hydrogen) atoms. The number of hydrogen-bond donors (Lipinski definition) is 2. The van der Waals surface area contributed by atoms with Gasteiger partial charge in [0.25, 0.3) is 0 Å². The number of carbonyl (C=O) groups is 3. The molecule has 3 atom stereocenters. The molecule has 0 radical (unpaired) electrons. The maximum Gasteiger partial charge on any atom is 0.307 e. The van der Waals surface area contributed by atoms with Gasteiger partial charge in [-0.3, -0.25) is 14.4 Å². The van der Waals surface area contributed by atoms with Crippen LogP contribution in [0.2, 0.25) is 0 Å². The lowest BCUT2D eigenvalue weighted by atomic mass is 9.95. The highest BCUT2D eigenvalue weighted by atomic mass is 16.4. The third-order valence-corrected chi connectivity index (χ3v) is 4.57. The fraction of sp³-hybridized carbons (Fsp3) is 0.800. The Morgan fingerprint density at radius 1 is 1.05 bits per heavy atom. The number of aliphatic carboxylic acids is 1. The zero-order valence-corrected chi connectivity index (χ0v) is 12.5.